The van der Waals surface area contributed by atoms with Gasteiger partial charge in [-0.15, -0.1) is 0 Å². The Labute approximate surface area is 201 Å². The molecule has 0 saturated carbocycles. The molecule has 1 aromatic rings. The van der Waals surface area contributed by atoms with Crippen molar-refractivity contribution in [2.45, 2.75) is 58.2 Å². The Bertz CT molecular complexity index is 1190. The van der Waals surface area contributed by atoms with Crippen LogP contribution in [-0.2, 0) is 27.4 Å². The van der Waals surface area contributed by atoms with Gasteiger partial charge in [-0.25, -0.2) is 9.18 Å². The van der Waals surface area contributed by atoms with Crippen molar-refractivity contribution in [3.05, 3.63) is 34.6 Å². The molecule has 0 radical (unpaired) electrons. The van der Waals surface area contributed by atoms with Crippen molar-refractivity contribution in [3.63, 3.8) is 0 Å². The maximum absolute atomic E-state index is 15.2. The van der Waals surface area contributed by atoms with E-state index in [1.54, 1.807) is 6.07 Å². The van der Waals surface area contributed by atoms with Gasteiger partial charge in [0.1, 0.15) is 24.2 Å². The zero-order chi connectivity index (χ0) is 24.7. The maximum atomic E-state index is 15.2. The topological polar surface area (TPSA) is 120 Å². The van der Waals surface area contributed by atoms with Gasteiger partial charge in [0, 0.05) is 37.9 Å². The SMILES string of the molecule is CC1CC[N+]2=C(CC(COC(=O)NCc3ccc4c(c3F)C(=O)N(C3CCC(=O)NC3=O)C4)=N2)C1. The molecule has 1 fully saturated rings. The number of nitrogens with zero attached hydrogens (tertiary/aromatic N) is 3. The number of hydrogen-bond acceptors (Lipinski definition) is 6. The minimum atomic E-state index is -0.816. The van der Waals surface area contributed by atoms with Gasteiger partial charge in [-0.3, -0.25) is 19.7 Å². The molecule has 4 heterocycles. The molecule has 184 valence electrons. The second kappa shape index (κ2) is 9.20. The first-order chi connectivity index (χ1) is 16.8. The fraction of sp³-hybridized carbons (Fsp3) is 0.500. The highest BCUT2D eigenvalue weighted by molar-refractivity contribution is 6.06. The summed E-state index contributed by atoms with van der Waals surface area (Å²) in [6.45, 7) is 3.08. The highest BCUT2D eigenvalue weighted by Crippen LogP contribution is 2.30. The van der Waals surface area contributed by atoms with Crippen LogP contribution < -0.4 is 10.6 Å². The van der Waals surface area contributed by atoms with Crippen LogP contribution in [0.15, 0.2) is 17.2 Å². The van der Waals surface area contributed by atoms with Crippen molar-refractivity contribution in [2.24, 2.45) is 11.0 Å². The van der Waals surface area contributed by atoms with Crippen molar-refractivity contribution in [1.82, 2.24) is 15.5 Å². The number of alkyl carbamates (subject to hydrolysis) is 1. The van der Waals surface area contributed by atoms with Gasteiger partial charge in [0.2, 0.25) is 11.8 Å². The third-order valence-electron chi connectivity index (χ3n) is 6.96. The summed E-state index contributed by atoms with van der Waals surface area (Å²) in [7, 11) is 0. The standard InChI is InChI=1S/C24H26FN5O5/c1-13-6-7-30-17(8-13)9-16(28-30)12-35-24(34)26-10-14-2-3-15-11-29(23(33)20(15)21(14)25)18-4-5-19(31)27-22(18)32/h2-3,13,18H,4-12H2,1H3,(H-,26,27,31,32,34)/p+1. The van der Waals surface area contributed by atoms with Gasteiger partial charge in [0.25, 0.3) is 5.91 Å². The molecule has 0 aromatic heterocycles. The van der Waals surface area contributed by atoms with Crippen LogP contribution >= 0.6 is 0 Å². The Morgan fingerprint density at radius 1 is 1.31 bits per heavy atom. The van der Waals surface area contributed by atoms with Crippen LogP contribution in [0.1, 0.15) is 60.5 Å². The lowest BCUT2D eigenvalue weighted by Gasteiger charge is -2.29. The first kappa shape index (κ1) is 23.1. The van der Waals surface area contributed by atoms with Crippen molar-refractivity contribution < 1.29 is 33.0 Å². The lowest BCUT2D eigenvalue weighted by atomic mass is 9.95. The van der Waals surface area contributed by atoms with E-state index in [4.69, 9.17) is 4.74 Å². The molecule has 1 saturated heterocycles. The second-order valence-electron chi connectivity index (χ2n) is 9.53. The van der Waals surface area contributed by atoms with Gasteiger partial charge in [-0.1, -0.05) is 23.7 Å². The van der Waals surface area contributed by atoms with E-state index in [1.165, 1.54) is 16.7 Å². The van der Waals surface area contributed by atoms with E-state index in [-0.39, 0.29) is 49.6 Å². The Morgan fingerprint density at radius 3 is 2.94 bits per heavy atom. The number of hydrogen-bond donors (Lipinski definition) is 2. The quantitative estimate of drug-likeness (QED) is 0.484. The molecule has 11 heteroatoms. The summed E-state index contributed by atoms with van der Waals surface area (Å²) < 4.78 is 22.4. The maximum Gasteiger partial charge on any atom is 0.407 e. The summed E-state index contributed by atoms with van der Waals surface area (Å²) in [5.74, 6) is -1.64. The van der Waals surface area contributed by atoms with E-state index in [0.717, 1.165) is 25.1 Å². The van der Waals surface area contributed by atoms with E-state index >= 15 is 4.39 Å². The molecule has 10 nitrogen and oxygen atoms in total. The molecule has 4 amide bonds. The number of benzene rings is 1. The number of carbonyl (C=O) groups excluding carboxylic acids is 4. The van der Waals surface area contributed by atoms with Crippen molar-refractivity contribution >= 4 is 35.2 Å². The number of halogens is 1. The minimum Gasteiger partial charge on any atom is -0.443 e. The van der Waals surface area contributed by atoms with Crippen molar-refractivity contribution in [3.8, 4) is 0 Å². The van der Waals surface area contributed by atoms with Gasteiger partial charge in [-0.2, -0.15) is 0 Å². The van der Waals surface area contributed by atoms with Gasteiger partial charge in [0.15, 0.2) is 12.3 Å². The van der Waals surface area contributed by atoms with Gasteiger partial charge in [-0.05, 0) is 23.0 Å². The normalized spacial score (nSPS) is 23.7. The average Bonchev–Trinajstić information content (AvgIpc) is 3.37. The van der Waals surface area contributed by atoms with Crippen LogP contribution in [0, 0.1) is 11.7 Å². The summed E-state index contributed by atoms with van der Waals surface area (Å²) in [5, 5.41) is 9.25. The van der Waals surface area contributed by atoms with Crippen LogP contribution in [0.3, 0.4) is 0 Å². The molecule has 0 spiro atoms. The van der Waals surface area contributed by atoms with Crippen LogP contribution in [-0.4, -0.2) is 64.0 Å². The Morgan fingerprint density at radius 2 is 2.14 bits per heavy atom. The smallest absolute Gasteiger partial charge is 0.407 e. The predicted molar refractivity (Wildman–Crippen MR) is 121 cm³/mol. The number of amides is 4. The number of ether oxygens (including phenoxy) is 1. The summed E-state index contributed by atoms with van der Waals surface area (Å²) in [4.78, 5) is 50.0. The first-order valence-electron chi connectivity index (χ1n) is 11.8. The van der Waals surface area contributed by atoms with Crippen LogP contribution in [0.25, 0.3) is 0 Å². The number of imide groups is 1. The number of rotatable bonds is 5. The summed E-state index contributed by atoms with van der Waals surface area (Å²) in [6, 6.07) is 2.31. The van der Waals surface area contributed by atoms with Crippen LogP contribution in [0.2, 0.25) is 0 Å². The molecule has 4 aliphatic rings. The molecule has 2 N–H and O–H groups in total. The zero-order valence-electron chi connectivity index (χ0n) is 19.4. The molecular formula is C24H27FN5O5+. The van der Waals surface area contributed by atoms with Gasteiger partial charge >= 0.3 is 6.09 Å². The van der Waals surface area contributed by atoms with Gasteiger partial charge in [0.05, 0.1) is 12.0 Å². The van der Waals surface area contributed by atoms with Crippen LogP contribution in [0.5, 0.6) is 0 Å². The predicted octanol–water partition coefficient (Wildman–Crippen LogP) is 1.46. The lowest BCUT2D eigenvalue weighted by Crippen LogP contribution is -2.52. The molecule has 2 atom stereocenters. The molecule has 2 unspecified atom stereocenters. The van der Waals surface area contributed by atoms with Crippen molar-refractivity contribution in [2.75, 3.05) is 13.2 Å². The fourth-order valence-electron chi connectivity index (χ4n) is 5.07. The van der Waals surface area contributed by atoms with E-state index in [2.05, 4.69) is 22.7 Å². The molecule has 0 bridgehead atoms. The van der Waals surface area contributed by atoms with E-state index in [9.17, 15) is 19.2 Å². The molecule has 1 aromatic carbocycles. The molecule has 0 aliphatic carbocycles. The summed E-state index contributed by atoms with van der Waals surface area (Å²) in [5.41, 5.74) is 2.53. The fourth-order valence-corrected chi connectivity index (χ4v) is 5.07. The molecule has 4 aliphatic heterocycles. The molecule has 5 rings (SSSR count). The monoisotopic (exact) mass is 484 g/mol. The number of hydrazone groups is 1. The number of carbonyl (C=O) groups is 4. The largest absolute Gasteiger partial charge is 0.443 e. The minimum absolute atomic E-state index is 0.0618. The highest BCUT2D eigenvalue weighted by atomic mass is 19.1. The number of nitrogens with one attached hydrogen (secondary N) is 2. The Balaban J connectivity index is 1.16. The van der Waals surface area contributed by atoms with Crippen molar-refractivity contribution in [1.29, 1.82) is 0 Å². The van der Waals surface area contributed by atoms with Crippen LogP contribution in [0.4, 0.5) is 9.18 Å². The molecule has 35 heavy (non-hydrogen) atoms. The Hall–Kier alpha value is -3.63. The first-order valence-corrected chi connectivity index (χ1v) is 11.8. The van der Waals surface area contributed by atoms with E-state index < -0.39 is 29.8 Å². The summed E-state index contributed by atoms with van der Waals surface area (Å²) >= 11 is 0. The second-order valence-corrected chi connectivity index (χ2v) is 9.53. The third kappa shape index (κ3) is 4.54. The van der Waals surface area contributed by atoms with Gasteiger partial charge < -0.3 is 15.0 Å². The van der Waals surface area contributed by atoms with E-state index in [1.807, 2.05) is 4.68 Å². The Kier molecular flexibility index (Phi) is 6.08. The zero-order valence-corrected chi connectivity index (χ0v) is 19.4. The molecular weight excluding hydrogens is 457 g/mol. The number of piperidine rings is 1. The average molecular weight is 485 g/mol. The highest BCUT2D eigenvalue weighted by Gasteiger charge is 2.41. The number of fused-ring (bicyclic) bond motifs is 1. The summed E-state index contributed by atoms with van der Waals surface area (Å²) in [6.07, 6.45) is 2.40. The lowest BCUT2D eigenvalue weighted by molar-refractivity contribution is -0.537. The van der Waals surface area contributed by atoms with E-state index in [0.29, 0.717) is 17.9 Å². The third-order valence-corrected chi connectivity index (χ3v) is 6.96.